The van der Waals surface area contributed by atoms with E-state index in [-0.39, 0.29) is 17.9 Å². The van der Waals surface area contributed by atoms with Gasteiger partial charge in [-0.3, -0.25) is 0 Å². The molecule has 7 nitrogen and oxygen atoms in total. The molecule has 184 valence electrons. The zero-order chi connectivity index (χ0) is 24.9. The molecule has 1 saturated heterocycles. The van der Waals surface area contributed by atoms with E-state index in [0.29, 0.717) is 24.6 Å². The van der Waals surface area contributed by atoms with Crippen molar-refractivity contribution in [1.29, 1.82) is 0 Å². The summed E-state index contributed by atoms with van der Waals surface area (Å²) in [6.45, 7) is 10.2. The van der Waals surface area contributed by atoms with Gasteiger partial charge in [0.15, 0.2) is 5.82 Å². The van der Waals surface area contributed by atoms with Crippen molar-refractivity contribution in [1.82, 2.24) is 20.1 Å². The number of aromatic nitrogens is 3. The van der Waals surface area contributed by atoms with Gasteiger partial charge in [0.05, 0.1) is 18.9 Å². The Morgan fingerprint density at radius 2 is 1.91 bits per heavy atom. The number of halogens is 3. The van der Waals surface area contributed by atoms with E-state index in [9.17, 15) is 13.2 Å². The van der Waals surface area contributed by atoms with Crippen molar-refractivity contribution < 1.29 is 17.9 Å². The number of nitrogen functional groups attached to an aromatic ring is 1. The number of allylic oxidation sites excluding steroid dienone is 2. The van der Waals surface area contributed by atoms with E-state index in [1.165, 1.54) is 13.0 Å². The lowest BCUT2D eigenvalue weighted by Crippen LogP contribution is -2.38. The summed E-state index contributed by atoms with van der Waals surface area (Å²) in [5.41, 5.74) is 6.93. The normalized spacial score (nSPS) is 16.3. The summed E-state index contributed by atoms with van der Waals surface area (Å²) in [7, 11) is 0. The average Bonchev–Trinajstić information content (AvgIpc) is 2.80. The maximum absolute atomic E-state index is 13.4. The van der Waals surface area contributed by atoms with Crippen molar-refractivity contribution in [3.8, 4) is 0 Å². The van der Waals surface area contributed by atoms with Gasteiger partial charge < -0.3 is 20.7 Å². The number of pyridine rings is 1. The lowest BCUT2D eigenvalue weighted by Gasteiger charge is -2.30. The molecule has 0 aromatic carbocycles. The molecule has 0 amide bonds. The summed E-state index contributed by atoms with van der Waals surface area (Å²) in [4.78, 5) is 5.75. The maximum atomic E-state index is 13.4. The molecule has 0 radical (unpaired) electrons. The molecule has 0 bridgehead atoms. The van der Waals surface area contributed by atoms with Crippen LogP contribution in [0.4, 0.5) is 24.8 Å². The highest BCUT2D eigenvalue weighted by Crippen LogP contribution is 2.32. The Balaban J connectivity index is 2.05. The summed E-state index contributed by atoms with van der Waals surface area (Å²) in [6.07, 6.45) is 2.43. The maximum Gasteiger partial charge on any atom is 0.433 e. The first kappa shape index (κ1) is 25.5. The second-order valence-electron chi connectivity index (χ2n) is 8.06. The third-order valence-corrected chi connectivity index (χ3v) is 5.72. The Kier molecular flexibility index (Phi) is 8.14. The van der Waals surface area contributed by atoms with Crippen molar-refractivity contribution in [2.45, 2.75) is 46.8 Å². The number of hydrogen-bond acceptors (Lipinski definition) is 7. The highest BCUT2D eigenvalue weighted by molar-refractivity contribution is 5.55. The van der Waals surface area contributed by atoms with Crippen LogP contribution in [0.25, 0.3) is 12.2 Å². The van der Waals surface area contributed by atoms with Crippen LogP contribution in [0.5, 0.6) is 0 Å². The van der Waals surface area contributed by atoms with Crippen molar-refractivity contribution in [3.05, 3.63) is 50.8 Å². The van der Waals surface area contributed by atoms with Gasteiger partial charge >= 0.3 is 6.18 Å². The Morgan fingerprint density at radius 1 is 1.21 bits per heavy atom. The van der Waals surface area contributed by atoms with Crippen LogP contribution in [0.1, 0.15) is 42.8 Å². The van der Waals surface area contributed by atoms with E-state index in [1.807, 2.05) is 19.9 Å². The van der Waals surface area contributed by atoms with E-state index in [4.69, 9.17) is 10.5 Å². The van der Waals surface area contributed by atoms with Gasteiger partial charge in [0.2, 0.25) is 0 Å². The van der Waals surface area contributed by atoms with Crippen molar-refractivity contribution in [3.63, 3.8) is 0 Å². The predicted molar refractivity (Wildman–Crippen MR) is 127 cm³/mol. The summed E-state index contributed by atoms with van der Waals surface area (Å²) < 4.78 is 45.6. The lowest BCUT2D eigenvalue weighted by molar-refractivity contribution is -0.141. The second-order valence-corrected chi connectivity index (χ2v) is 8.06. The number of anilines is 2. The molecular formula is C24H31F3N6O. The molecule has 0 saturated carbocycles. The monoisotopic (exact) mass is 476 g/mol. The van der Waals surface area contributed by atoms with Gasteiger partial charge in [0, 0.05) is 35.8 Å². The molecule has 0 aliphatic carbocycles. The van der Waals surface area contributed by atoms with E-state index in [1.54, 1.807) is 0 Å². The third kappa shape index (κ3) is 5.85. The van der Waals surface area contributed by atoms with Gasteiger partial charge in [0.25, 0.3) is 0 Å². The highest BCUT2D eigenvalue weighted by Gasteiger charge is 2.35. The Morgan fingerprint density at radius 3 is 2.53 bits per heavy atom. The van der Waals surface area contributed by atoms with Crippen molar-refractivity contribution >= 4 is 23.8 Å². The molecule has 3 rings (SSSR count). The molecule has 1 aliphatic heterocycles. The number of rotatable bonds is 6. The Hall–Kier alpha value is -3.14. The molecule has 2 aromatic rings. The minimum absolute atomic E-state index is 0.0296. The standard InChI is InChI=1S/C24H31F3N6O/c1-5-7-18(33-8-10-34-11-9-33)13-20-19(6-2)16(4)31-32-23(20)29-14-17-12-21(28)30-22(15(17)3)24(25,26)27/h6-7,12-13H,5,8-11,14H2,1-4H3,(H2,28,30)(H,29,32)/b18-7-,19-6-,20-13+. The van der Waals surface area contributed by atoms with Gasteiger partial charge in [-0.2, -0.15) is 18.3 Å². The van der Waals surface area contributed by atoms with Gasteiger partial charge in [-0.15, -0.1) is 5.10 Å². The van der Waals surface area contributed by atoms with E-state index in [2.05, 4.69) is 44.5 Å². The molecule has 0 atom stereocenters. The largest absolute Gasteiger partial charge is 0.433 e. The van der Waals surface area contributed by atoms with Crippen LogP contribution in [0, 0.1) is 13.8 Å². The van der Waals surface area contributed by atoms with Crippen LogP contribution in [0.3, 0.4) is 0 Å². The molecular weight excluding hydrogens is 445 g/mol. The topological polar surface area (TPSA) is 89.2 Å². The summed E-state index contributed by atoms with van der Waals surface area (Å²) in [5.74, 6) is 0.303. The average molecular weight is 477 g/mol. The molecule has 0 spiro atoms. The SMILES string of the molecule is C/C=c1/c(C)nnc(NCc2cc(N)nc(C(F)(F)F)c2C)/c1=C/C(=C/CC)N1CCOCC1. The summed E-state index contributed by atoms with van der Waals surface area (Å²) in [6, 6.07) is 1.45. The third-order valence-electron chi connectivity index (χ3n) is 5.72. The van der Waals surface area contributed by atoms with E-state index >= 15 is 0 Å². The first-order valence-corrected chi connectivity index (χ1v) is 11.3. The van der Waals surface area contributed by atoms with Crippen LogP contribution in [-0.4, -0.2) is 46.4 Å². The number of nitrogens with zero attached hydrogens (tertiary/aromatic N) is 4. The van der Waals surface area contributed by atoms with Gasteiger partial charge in [-0.1, -0.05) is 19.1 Å². The molecule has 0 unspecified atom stereocenters. The highest BCUT2D eigenvalue weighted by atomic mass is 19.4. The van der Waals surface area contributed by atoms with Crippen molar-refractivity contribution in [2.24, 2.45) is 0 Å². The van der Waals surface area contributed by atoms with Gasteiger partial charge in [0.1, 0.15) is 11.5 Å². The Bertz CT molecular complexity index is 1170. The fourth-order valence-electron chi connectivity index (χ4n) is 3.98. The number of alkyl halides is 3. The first-order valence-electron chi connectivity index (χ1n) is 11.3. The fraction of sp³-hybridized carbons (Fsp3) is 0.458. The number of hydrogen-bond donors (Lipinski definition) is 2. The molecule has 1 fully saturated rings. The zero-order valence-electron chi connectivity index (χ0n) is 20.0. The predicted octanol–water partition coefficient (Wildman–Crippen LogP) is 2.91. The molecule has 34 heavy (non-hydrogen) atoms. The fourth-order valence-corrected chi connectivity index (χ4v) is 3.98. The lowest BCUT2D eigenvalue weighted by atomic mass is 10.1. The number of nitrogens with two attached hydrogens (primary N) is 1. The van der Waals surface area contributed by atoms with Crippen LogP contribution >= 0.6 is 0 Å². The van der Waals surface area contributed by atoms with Crippen LogP contribution in [-0.2, 0) is 17.5 Å². The number of ether oxygens (including phenoxy) is 1. The molecule has 3 N–H and O–H groups in total. The minimum Gasteiger partial charge on any atom is -0.384 e. The number of aryl methyl sites for hydroxylation is 1. The van der Waals surface area contributed by atoms with Crippen molar-refractivity contribution in [2.75, 3.05) is 37.4 Å². The smallest absolute Gasteiger partial charge is 0.384 e. The zero-order valence-corrected chi connectivity index (χ0v) is 20.0. The van der Waals surface area contributed by atoms with E-state index in [0.717, 1.165) is 41.3 Å². The van der Waals surface area contributed by atoms with Crippen LogP contribution < -0.4 is 21.5 Å². The second kappa shape index (κ2) is 10.9. The first-order chi connectivity index (χ1) is 16.2. The number of morpholine rings is 1. The molecule has 2 aromatic heterocycles. The summed E-state index contributed by atoms with van der Waals surface area (Å²) in [5, 5.41) is 13.5. The number of nitrogens with one attached hydrogen (secondary N) is 1. The molecule has 10 heteroatoms. The molecule has 3 heterocycles. The van der Waals surface area contributed by atoms with Gasteiger partial charge in [-0.25, -0.2) is 4.98 Å². The van der Waals surface area contributed by atoms with Crippen LogP contribution in [0.2, 0.25) is 0 Å². The van der Waals surface area contributed by atoms with Crippen LogP contribution in [0.15, 0.2) is 17.8 Å². The molecule has 1 aliphatic rings. The Labute approximate surface area is 197 Å². The quantitative estimate of drug-likeness (QED) is 0.663. The summed E-state index contributed by atoms with van der Waals surface area (Å²) >= 11 is 0. The van der Waals surface area contributed by atoms with E-state index < -0.39 is 11.9 Å². The minimum atomic E-state index is -4.58. The van der Waals surface area contributed by atoms with Gasteiger partial charge in [-0.05, 0) is 50.5 Å².